The normalized spacial score (nSPS) is 18.5. The molecule has 18 heavy (non-hydrogen) atoms. The van der Waals surface area contributed by atoms with E-state index in [0.29, 0.717) is 12.8 Å². The fourth-order valence-corrected chi connectivity index (χ4v) is 3.68. The molecule has 0 aliphatic heterocycles. The van der Waals surface area contributed by atoms with Gasteiger partial charge in [0.25, 0.3) is 9.12 Å². The van der Waals surface area contributed by atoms with Crippen LogP contribution in [-0.2, 0) is 0 Å². The lowest BCUT2D eigenvalue weighted by molar-refractivity contribution is -0.247. The van der Waals surface area contributed by atoms with Gasteiger partial charge in [-0.2, -0.15) is 22.0 Å². The molecule has 0 fully saturated rings. The molecular formula is C10H21F5N2Si. The second kappa shape index (κ2) is 6.81. The lowest BCUT2D eigenvalue weighted by Crippen LogP contribution is -2.68. The molecule has 0 radical (unpaired) electrons. The van der Waals surface area contributed by atoms with E-state index in [1.807, 2.05) is 0 Å². The van der Waals surface area contributed by atoms with Crippen molar-refractivity contribution in [3.05, 3.63) is 0 Å². The van der Waals surface area contributed by atoms with Crippen molar-refractivity contribution in [1.29, 1.82) is 0 Å². The first-order valence-corrected chi connectivity index (χ1v) is 7.76. The Kier molecular flexibility index (Phi) is 6.73. The average Bonchev–Trinajstić information content (AvgIpc) is 2.25. The number of hydrogen-bond donors (Lipinski definition) is 2. The molecule has 8 heteroatoms. The minimum atomic E-state index is -5.51. The highest BCUT2D eigenvalue weighted by Crippen LogP contribution is 2.36. The second-order valence-corrected chi connectivity index (χ2v) is 6.76. The fraction of sp³-hybridized carbons (Fsp3) is 1.00. The zero-order valence-corrected chi connectivity index (χ0v) is 12.2. The van der Waals surface area contributed by atoms with E-state index in [1.165, 1.54) is 0 Å². The molecule has 2 unspecified atom stereocenters. The van der Waals surface area contributed by atoms with Gasteiger partial charge in [0.15, 0.2) is 0 Å². The molecule has 0 aromatic rings. The third-order valence-corrected chi connectivity index (χ3v) is 5.72. The Morgan fingerprint density at radius 2 is 1.22 bits per heavy atom. The molecule has 0 spiro atoms. The van der Waals surface area contributed by atoms with Crippen LogP contribution in [0.5, 0.6) is 0 Å². The highest BCUT2D eigenvalue weighted by Gasteiger charge is 2.63. The number of halogens is 5. The van der Waals surface area contributed by atoms with Gasteiger partial charge in [-0.3, -0.25) is 0 Å². The predicted octanol–water partition coefficient (Wildman–Crippen LogP) is 2.72. The van der Waals surface area contributed by atoms with E-state index >= 15 is 0 Å². The number of alkyl halides is 5. The first kappa shape index (κ1) is 17.8. The van der Waals surface area contributed by atoms with Crippen LogP contribution in [0.4, 0.5) is 22.0 Å². The Morgan fingerprint density at radius 3 is 1.44 bits per heavy atom. The largest absolute Gasteiger partial charge is 0.451 e. The third-order valence-electron chi connectivity index (χ3n) is 2.87. The molecule has 2 atom stereocenters. The monoisotopic (exact) mass is 292 g/mol. The van der Waals surface area contributed by atoms with Crippen LogP contribution in [0.25, 0.3) is 0 Å². The molecule has 0 aliphatic rings. The first-order valence-electron chi connectivity index (χ1n) is 6.02. The van der Waals surface area contributed by atoms with Crippen LogP contribution in [-0.4, -0.2) is 32.9 Å². The summed E-state index contributed by atoms with van der Waals surface area (Å²) in [6, 6.07) is -0.738. The van der Waals surface area contributed by atoms with E-state index in [-0.39, 0.29) is 12.1 Å². The van der Waals surface area contributed by atoms with Crippen LogP contribution in [0, 0.1) is 0 Å². The van der Waals surface area contributed by atoms with Crippen LogP contribution in [0.2, 0.25) is 0 Å². The van der Waals surface area contributed by atoms with Gasteiger partial charge in [-0.25, -0.2) is 0 Å². The van der Waals surface area contributed by atoms with E-state index in [4.69, 9.17) is 0 Å². The van der Waals surface area contributed by atoms with Crippen molar-refractivity contribution in [2.24, 2.45) is 0 Å². The quantitative estimate of drug-likeness (QED) is 0.557. The minimum absolute atomic E-state index is 0.369. The van der Waals surface area contributed by atoms with Crippen molar-refractivity contribution in [3.63, 3.8) is 0 Å². The van der Waals surface area contributed by atoms with Gasteiger partial charge in [-0.15, -0.1) is 0 Å². The van der Waals surface area contributed by atoms with E-state index in [9.17, 15) is 22.0 Å². The van der Waals surface area contributed by atoms with Gasteiger partial charge in [0.2, 0.25) is 0 Å². The average molecular weight is 292 g/mol. The molecule has 0 saturated heterocycles. The summed E-state index contributed by atoms with van der Waals surface area (Å²) in [7, 11) is -3.68. The summed E-state index contributed by atoms with van der Waals surface area (Å²) in [5.74, 6) is 0. The molecule has 2 nitrogen and oxygen atoms in total. The second-order valence-electron chi connectivity index (χ2n) is 4.51. The van der Waals surface area contributed by atoms with Crippen molar-refractivity contribution < 1.29 is 22.0 Å². The van der Waals surface area contributed by atoms with Gasteiger partial charge < -0.3 is 9.96 Å². The van der Waals surface area contributed by atoms with Crippen molar-refractivity contribution in [2.45, 2.75) is 64.3 Å². The SMILES string of the molecule is CCC(C)N[SiH](NC(C)CC)C(F)(F)C(F)(F)F. The molecule has 0 aromatic carbocycles. The smallest absolute Gasteiger partial charge is 0.321 e. The van der Waals surface area contributed by atoms with Crippen LogP contribution in [0.3, 0.4) is 0 Å². The van der Waals surface area contributed by atoms with Gasteiger partial charge in [0, 0.05) is 0 Å². The predicted molar refractivity (Wildman–Crippen MR) is 63.9 cm³/mol. The third kappa shape index (κ3) is 4.81. The summed E-state index contributed by atoms with van der Waals surface area (Å²) in [6.07, 6.45) is -4.51. The van der Waals surface area contributed by atoms with Crippen LogP contribution < -0.4 is 9.96 Å². The van der Waals surface area contributed by atoms with Crippen LogP contribution in [0.1, 0.15) is 40.5 Å². The van der Waals surface area contributed by atoms with Gasteiger partial charge in [0.1, 0.15) is 0 Å². The number of hydrogen-bond acceptors (Lipinski definition) is 2. The topological polar surface area (TPSA) is 24.1 Å². The Labute approximate surface area is 106 Å². The molecule has 0 aromatic heterocycles. The van der Waals surface area contributed by atoms with Crippen molar-refractivity contribution in [2.75, 3.05) is 0 Å². The fourth-order valence-electron chi connectivity index (χ4n) is 1.23. The van der Waals surface area contributed by atoms with E-state index in [0.717, 1.165) is 0 Å². The summed E-state index contributed by atoms with van der Waals surface area (Å²) in [6.45, 7) is 6.67. The van der Waals surface area contributed by atoms with Crippen LogP contribution >= 0.6 is 0 Å². The van der Waals surface area contributed by atoms with Crippen molar-refractivity contribution in [1.82, 2.24) is 9.96 Å². The standard InChI is InChI=1S/C10H21F5N2Si/c1-5-7(3)16-18(17-8(4)6-2)10(14,15)9(11,12)13/h7-8,16-18H,5-6H2,1-4H3. The molecule has 0 saturated carbocycles. The van der Waals surface area contributed by atoms with Gasteiger partial charge in [-0.1, -0.05) is 27.7 Å². The molecule has 0 heterocycles. The molecule has 2 N–H and O–H groups in total. The maximum atomic E-state index is 13.4. The Morgan fingerprint density at radius 1 is 0.889 bits per heavy atom. The molecule has 0 rings (SSSR count). The van der Waals surface area contributed by atoms with Crippen molar-refractivity contribution >= 4 is 9.12 Å². The molecule has 0 aliphatic carbocycles. The summed E-state index contributed by atoms with van der Waals surface area (Å²) < 4.78 is 64.0. The van der Waals surface area contributed by atoms with Crippen molar-refractivity contribution in [3.8, 4) is 0 Å². The zero-order valence-electron chi connectivity index (χ0n) is 11.0. The lowest BCUT2D eigenvalue weighted by Gasteiger charge is -2.32. The number of rotatable bonds is 7. The summed E-state index contributed by atoms with van der Waals surface area (Å²) in [5.41, 5.74) is -4.67. The summed E-state index contributed by atoms with van der Waals surface area (Å²) >= 11 is 0. The highest BCUT2D eigenvalue weighted by molar-refractivity contribution is 6.56. The number of nitrogens with one attached hydrogen (secondary N) is 2. The highest BCUT2D eigenvalue weighted by atomic mass is 28.3. The van der Waals surface area contributed by atoms with E-state index in [2.05, 4.69) is 9.96 Å². The van der Waals surface area contributed by atoms with E-state index in [1.54, 1.807) is 27.7 Å². The zero-order chi connectivity index (χ0) is 14.6. The molecule has 0 amide bonds. The molecule has 0 bridgehead atoms. The first-order chi connectivity index (χ1) is 8.06. The minimum Gasteiger partial charge on any atom is -0.321 e. The Hall–Kier alpha value is -0.213. The van der Waals surface area contributed by atoms with Gasteiger partial charge in [0.05, 0.1) is 0 Å². The maximum absolute atomic E-state index is 13.4. The van der Waals surface area contributed by atoms with Gasteiger partial charge in [-0.05, 0) is 24.9 Å². The summed E-state index contributed by atoms with van der Waals surface area (Å²) in [5, 5.41) is 0. The molecule has 110 valence electrons. The summed E-state index contributed by atoms with van der Waals surface area (Å²) in [4.78, 5) is 4.87. The Balaban J connectivity index is 4.95. The Bertz CT molecular complexity index is 235. The molecular weight excluding hydrogens is 271 g/mol. The maximum Gasteiger partial charge on any atom is 0.451 e. The van der Waals surface area contributed by atoms with Crippen LogP contribution in [0.15, 0.2) is 0 Å². The van der Waals surface area contributed by atoms with E-state index < -0.39 is 20.8 Å². The lowest BCUT2D eigenvalue weighted by atomic mass is 10.3. The van der Waals surface area contributed by atoms with Gasteiger partial charge >= 0.3 is 11.7 Å².